The van der Waals surface area contributed by atoms with Crippen LogP contribution in [0.4, 0.5) is 4.39 Å². The van der Waals surface area contributed by atoms with Gasteiger partial charge in [0.2, 0.25) is 10.0 Å². The molecule has 0 unspecified atom stereocenters. The Hall–Kier alpha value is -2.72. The Kier molecular flexibility index (Phi) is 6.10. The number of ether oxygens (including phenoxy) is 1. The van der Waals surface area contributed by atoms with Crippen LogP contribution in [0.15, 0.2) is 41.4 Å². The van der Waals surface area contributed by atoms with Crippen molar-refractivity contribution in [3.05, 3.63) is 59.4 Å². The summed E-state index contributed by atoms with van der Waals surface area (Å²) in [4.78, 5) is 0.271. The van der Waals surface area contributed by atoms with Crippen LogP contribution >= 0.6 is 0 Å². The smallest absolute Gasteiger partial charge is 0.246 e. The lowest BCUT2D eigenvalue weighted by Gasteiger charge is -2.15. The van der Waals surface area contributed by atoms with Gasteiger partial charge in [0, 0.05) is 37.8 Å². The molecule has 0 aliphatic carbocycles. The Morgan fingerprint density at radius 2 is 2.16 bits per heavy atom. The van der Waals surface area contributed by atoms with Crippen LogP contribution in [-0.4, -0.2) is 45.8 Å². The van der Waals surface area contributed by atoms with Crippen LogP contribution in [0.2, 0.25) is 0 Å². The molecule has 1 N–H and O–H groups in total. The van der Waals surface area contributed by atoms with Crippen LogP contribution < -0.4 is 4.74 Å². The second-order valence-corrected chi connectivity index (χ2v) is 9.66. The highest BCUT2D eigenvalue weighted by Crippen LogP contribution is 2.31. The summed E-state index contributed by atoms with van der Waals surface area (Å²) >= 11 is 0. The standard InChI is InChI=1S/C21H26FN5O3S/c1-3-8-26-13-21(15(2)25-26)31(28,29)27-9-7-16(12-27)20-11-18(23-24-20)14-30-19-6-4-5-17(22)10-19/h4-6,10-11,13,16H,3,7-9,12,14H2,1-2H3,(H,23,24)/t16-/m1/s1. The lowest BCUT2D eigenvalue weighted by Crippen LogP contribution is -2.29. The van der Waals surface area contributed by atoms with Gasteiger partial charge >= 0.3 is 0 Å². The van der Waals surface area contributed by atoms with Crippen molar-refractivity contribution in [2.75, 3.05) is 13.1 Å². The molecule has 0 spiro atoms. The molecule has 0 bridgehead atoms. The zero-order chi connectivity index (χ0) is 22.0. The van der Waals surface area contributed by atoms with E-state index in [1.165, 1.54) is 16.4 Å². The van der Waals surface area contributed by atoms with Crippen molar-refractivity contribution in [3.8, 4) is 5.75 Å². The van der Waals surface area contributed by atoms with Gasteiger partial charge in [-0.15, -0.1) is 0 Å². The first-order valence-corrected chi connectivity index (χ1v) is 11.8. The molecule has 0 radical (unpaired) electrons. The third-order valence-electron chi connectivity index (χ3n) is 5.38. The number of hydrogen-bond donors (Lipinski definition) is 1. The first kappa shape index (κ1) is 21.5. The van der Waals surface area contributed by atoms with Crippen LogP contribution in [-0.2, 0) is 23.2 Å². The third kappa shape index (κ3) is 4.64. The van der Waals surface area contributed by atoms with E-state index in [4.69, 9.17) is 4.74 Å². The van der Waals surface area contributed by atoms with Crippen LogP contribution in [0.3, 0.4) is 0 Å². The van der Waals surface area contributed by atoms with Crippen molar-refractivity contribution >= 4 is 10.0 Å². The summed E-state index contributed by atoms with van der Waals surface area (Å²) in [5.41, 5.74) is 2.07. The van der Waals surface area contributed by atoms with Crippen molar-refractivity contribution in [1.82, 2.24) is 24.3 Å². The summed E-state index contributed by atoms with van der Waals surface area (Å²) in [5.74, 6) is 0.0822. The minimum atomic E-state index is -3.60. The number of nitrogens with zero attached hydrogens (tertiary/aromatic N) is 4. The summed E-state index contributed by atoms with van der Waals surface area (Å²) in [5, 5.41) is 11.6. The number of benzene rings is 1. The van der Waals surface area contributed by atoms with Gasteiger partial charge < -0.3 is 4.74 Å². The largest absolute Gasteiger partial charge is 0.487 e. The number of aryl methyl sites for hydroxylation is 2. The summed E-state index contributed by atoms with van der Waals surface area (Å²) in [6.07, 6.45) is 3.20. The minimum absolute atomic E-state index is 0.0000578. The number of hydrogen-bond acceptors (Lipinski definition) is 5. The van der Waals surface area contributed by atoms with Crippen LogP contribution in [0, 0.1) is 12.7 Å². The molecule has 10 heteroatoms. The molecule has 8 nitrogen and oxygen atoms in total. The maximum atomic E-state index is 13.3. The number of aromatic nitrogens is 4. The second-order valence-electron chi connectivity index (χ2n) is 7.75. The van der Waals surface area contributed by atoms with Crippen molar-refractivity contribution in [2.45, 2.75) is 50.7 Å². The molecule has 1 aromatic carbocycles. The molecule has 0 saturated carbocycles. The monoisotopic (exact) mass is 447 g/mol. The van der Waals surface area contributed by atoms with Gasteiger partial charge in [-0.2, -0.15) is 14.5 Å². The van der Waals surface area contributed by atoms with Crippen LogP contribution in [0.25, 0.3) is 0 Å². The summed E-state index contributed by atoms with van der Waals surface area (Å²) in [6.45, 7) is 5.47. The van der Waals surface area contributed by atoms with E-state index >= 15 is 0 Å². The fraction of sp³-hybridized carbons (Fsp3) is 0.429. The Morgan fingerprint density at radius 3 is 2.94 bits per heavy atom. The average molecular weight is 448 g/mol. The number of nitrogens with one attached hydrogen (secondary N) is 1. The third-order valence-corrected chi connectivity index (χ3v) is 7.35. The summed E-state index contributed by atoms with van der Waals surface area (Å²) in [6, 6.07) is 7.83. The Bertz CT molecular complexity index is 1160. The van der Waals surface area contributed by atoms with Gasteiger partial charge in [-0.1, -0.05) is 13.0 Å². The molecule has 3 aromatic rings. The van der Waals surface area contributed by atoms with Crippen molar-refractivity contribution in [3.63, 3.8) is 0 Å². The molecule has 1 aliphatic rings. The zero-order valence-electron chi connectivity index (χ0n) is 17.6. The van der Waals surface area contributed by atoms with E-state index in [0.717, 1.165) is 17.8 Å². The lowest BCUT2D eigenvalue weighted by atomic mass is 10.1. The molecule has 1 fully saturated rings. The molecule has 1 aliphatic heterocycles. The van der Waals surface area contributed by atoms with Crippen molar-refractivity contribution < 1.29 is 17.5 Å². The fourth-order valence-corrected chi connectivity index (χ4v) is 5.47. The molecule has 1 atom stereocenters. The number of H-pyrrole nitrogens is 1. The van der Waals surface area contributed by atoms with Gasteiger partial charge in [-0.25, -0.2) is 12.8 Å². The summed E-state index contributed by atoms with van der Waals surface area (Å²) < 4.78 is 48.3. The molecule has 4 rings (SSSR count). The highest BCUT2D eigenvalue weighted by molar-refractivity contribution is 7.89. The van der Waals surface area contributed by atoms with Gasteiger partial charge in [0.25, 0.3) is 0 Å². The molecule has 166 valence electrons. The Balaban J connectivity index is 1.41. The molecule has 1 saturated heterocycles. The minimum Gasteiger partial charge on any atom is -0.487 e. The average Bonchev–Trinajstić information content (AvgIpc) is 3.46. The number of aromatic amines is 1. The first-order chi connectivity index (χ1) is 14.9. The normalized spacial score (nSPS) is 17.3. The van der Waals surface area contributed by atoms with E-state index in [1.54, 1.807) is 29.9 Å². The van der Waals surface area contributed by atoms with Gasteiger partial charge in [0.15, 0.2) is 0 Å². The van der Waals surface area contributed by atoms with Crippen molar-refractivity contribution in [2.24, 2.45) is 0 Å². The van der Waals surface area contributed by atoms with Crippen LogP contribution in [0.1, 0.15) is 42.8 Å². The summed E-state index contributed by atoms with van der Waals surface area (Å²) in [7, 11) is -3.60. The molecule has 31 heavy (non-hydrogen) atoms. The van der Waals surface area contributed by atoms with E-state index in [0.29, 0.717) is 37.5 Å². The lowest BCUT2D eigenvalue weighted by molar-refractivity contribution is 0.299. The van der Waals surface area contributed by atoms with Crippen molar-refractivity contribution in [1.29, 1.82) is 0 Å². The maximum Gasteiger partial charge on any atom is 0.246 e. The zero-order valence-corrected chi connectivity index (χ0v) is 18.4. The number of rotatable bonds is 8. The molecular weight excluding hydrogens is 421 g/mol. The second kappa shape index (κ2) is 8.80. The number of sulfonamides is 1. The molecule has 3 heterocycles. The highest BCUT2D eigenvalue weighted by Gasteiger charge is 2.36. The van der Waals surface area contributed by atoms with Gasteiger partial charge in [-0.3, -0.25) is 9.78 Å². The van der Waals surface area contributed by atoms with E-state index < -0.39 is 10.0 Å². The molecule has 0 amide bonds. The topological polar surface area (TPSA) is 93.1 Å². The van der Waals surface area contributed by atoms with Gasteiger partial charge in [-0.05, 0) is 38.0 Å². The van der Waals surface area contributed by atoms with E-state index in [-0.39, 0.29) is 23.2 Å². The predicted molar refractivity (Wildman–Crippen MR) is 113 cm³/mol. The van der Waals surface area contributed by atoms with E-state index in [2.05, 4.69) is 15.3 Å². The van der Waals surface area contributed by atoms with E-state index in [9.17, 15) is 12.8 Å². The highest BCUT2D eigenvalue weighted by atomic mass is 32.2. The maximum absolute atomic E-state index is 13.3. The predicted octanol–water partition coefficient (Wildman–Crippen LogP) is 3.22. The SMILES string of the molecule is CCCn1cc(S(=O)(=O)N2CC[C@@H](c3cc(COc4cccc(F)c4)[nH]n3)C2)c(C)n1. The van der Waals surface area contributed by atoms with Crippen LogP contribution in [0.5, 0.6) is 5.75 Å². The molecular formula is C21H26FN5O3S. The van der Waals surface area contributed by atoms with E-state index in [1.807, 2.05) is 13.0 Å². The van der Waals surface area contributed by atoms with Gasteiger partial charge in [0.1, 0.15) is 23.1 Å². The Labute approximate surface area is 181 Å². The molecule has 2 aromatic heterocycles. The Morgan fingerprint density at radius 1 is 1.32 bits per heavy atom. The quantitative estimate of drug-likeness (QED) is 0.572. The fourth-order valence-electron chi connectivity index (χ4n) is 3.80. The number of halogens is 1. The first-order valence-electron chi connectivity index (χ1n) is 10.3. The van der Waals surface area contributed by atoms with Gasteiger partial charge in [0.05, 0.1) is 17.1 Å².